The van der Waals surface area contributed by atoms with Crippen LogP contribution in [0.1, 0.15) is 42.5 Å². The molecule has 25 heavy (non-hydrogen) atoms. The molecule has 1 atom stereocenters. The monoisotopic (exact) mass is 357 g/mol. The molecule has 0 aliphatic rings. The third-order valence-electron chi connectivity index (χ3n) is 4.18. The molecule has 2 rings (SSSR count). The summed E-state index contributed by atoms with van der Waals surface area (Å²) in [6, 6.07) is 14.5. The van der Waals surface area contributed by atoms with E-state index >= 15 is 0 Å². The lowest BCUT2D eigenvalue weighted by Gasteiger charge is -2.19. The van der Waals surface area contributed by atoms with E-state index in [1.807, 2.05) is 19.1 Å². The smallest absolute Gasteiger partial charge is 0.221 e. The number of hydrogen-bond donors (Lipinski definition) is 1. The summed E-state index contributed by atoms with van der Waals surface area (Å²) < 4.78 is 5.31. The number of benzene rings is 2. The molecular weight excluding hydrogens is 330 g/mol. The van der Waals surface area contributed by atoms with Gasteiger partial charge in [-0.3, -0.25) is 4.79 Å². The van der Waals surface area contributed by atoms with Crippen molar-refractivity contribution in [2.24, 2.45) is 0 Å². The lowest BCUT2D eigenvalue weighted by molar-refractivity contribution is -0.121. The fraction of sp³-hybridized carbons (Fsp3) is 0.381. The summed E-state index contributed by atoms with van der Waals surface area (Å²) in [5, 5.41) is 3.15. The van der Waals surface area contributed by atoms with Crippen LogP contribution in [0.15, 0.2) is 47.4 Å². The van der Waals surface area contributed by atoms with Crippen LogP contribution < -0.4 is 10.1 Å². The van der Waals surface area contributed by atoms with Crippen LogP contribution in [-0.2, 0) is 4.79 Å². The van der Waals surface area contributed by atoms with E-state index in [4.69, 9.17) is 4.74 Å². The molecule has 0 heterocycles. The number of hydrogen-bond acceptors (Lipinski definition) is 3. The van der Waals surface area contributed by atoms with Crippen LogP contribution in [0.4, 0.5) is 0 Å². The lowest BCUT2D eigenvalue weighted by atomic mass is 10.0. The number of methoxy groups -OCH3 is 1. The Labute approximate surface area is 155 Å². The molecule has 1 amide bonds. The lowest BCUT2D eigenvalue weighted by Crippen LogP contribution is -2.28. The number of carbonyl (C=O) groups is 1. The van der Waals surface area contributed by atoms with E-state index in [9.17, 15) is 4.79 Å². The average Bonchev–Trinajstić information content (AvgIpc) is 2.61. The predicted molar refractivity (Wildman–Crippen MR) is 105 cm³/mol. The zero-order chi connectivity index (χ0) is 18.2. The highest BCUT2D eigenvalue weighted by Gasteiger charge is 2.14. The van der Waals surface area contributed by atoms with Gasteiger partial charge in [-0.1, -0.05) is 36.8 Å². The molecule has 134 valence electrons. The van der Waals surface area contributed by atoms with Gasteiger partial charge in [-0.25, -0.2) is 0 Å². The Hall–Kier alpha value is -1.94. The molecule has 0 saturated carbocycles. The van der Waals surface area contributed by atoms with Crippen molar-refractivity contribution in [3.63, 3.8) is 0 Å². The first kappa shape index (κ1) is 19.4. The molecule has 0 aliphatic carbocycles. The van der Waals surface area contributed by atoms with E-state index in [0.29, 0.717) is 6.42 Å². The van der Waals surface area contributed by atoms with Crippen molar-refractivity contribution in [2.75, 3.05) is 12.9 Å². The van der Waals surface area contributed by atoms with Gasteiger partial charge in [0, 0.05) is 17.1 Å². The molecule has 2 aromatic rings. The second-order valence-corrected chi connectivity index (χ2v) is 7.34. The van der Waals surface area contributed by atoms with Crippen molar-refractivity contribution in [1.82, 2.24) is 5.32 Å². The Morgan fingerprint density at radius 3 is 2.48 bits per heavy atom. The van der Waals surface area contributed by atoms with Crippen LogP contribution in [-0.4, -0.2) is 18.8 Å². The molecule has 4 heteroatoms. The molecule has 0 fully saturated rings. The van der Waals surface area contributed by atoms with Gasteiger partial charge in [0.15, 0.2) is 0 Å². The Morgan fingerprint density at radius 2 is 1.88 bits per heavy atom. The van der Waals surface area contributed by atoms with Gasteiger partial charge in [-0.05, 0) is 49.6 Å². The van der Waals surface area contributed by atoms with Gasteiger partial charge < -0.3 is 10.1 Å². The molecule has 0 aromatic heterocycles. The first-order chi connectivity index (χ1) is 12.0. The summed E-state index contributed by atoms with van der Waals surface area (Å²) in [4.78, 5) is 13.5. The van der Waals surface area contributed by atoms with Crippen LogP contribution in [0.25, 0.3) is 0 Å². The minimum atomic E-state index is 0.0430. The summed E-state index contributed by atoms with van der Waals surface area (Å²) in [5.74, 6) is 1.76. The Morgan fingerprint density at radius 1 is 1.16 bits per heavy atom. The molecule has 0 radical (unpaired) electrons. The molecule has 2 aromatic carbocycles. The van der Waals surface area contributed by atoms with Crippen LogP contribution >= 0.6 is 11.8 Å². The summed E-state index contributed by atoms with van der Waals surface area (Å²) in [7, 11) is 1.67. The molecule has 0 bridgehead atoms. The van der Waals surface area contributed by atoms with Crippen molar-refractivity contribution < 1.29 is 9.53 Å². The summed E-state index contributed by atoms with van der Waals surface area (Å²) in [6.45, 7) is 6.19. The largest absolute Gasteiger partial charge is 0.496 e. The molecule has 0 aliphatic heterocycles. The maximum Gasteiger partial charge on any atom is 0.221 e. The first-order valence-electron chi connectivity index (χ1n) is 8.66. The number of aryl methyl sites for hydroxylation is 2. The molecule has 0 spiro atoms. The van der Waals surface area contributed by atoms with E-state index in [1.165, 1.54) is 10.5 Å². The summed E-state index contributed by atoms with van der Waals surface area (Å²) >= 11 is 1.72. The third-order valence-corrected chi connectivity index (χ3v) is 5.20. The maximum absolute atomic E-state index is 12.3. The number of amides is 1. The van der Waals surface area contributed by atoms with Crippen molar-refractivity contribution in [1.29, 1.82) is 0 Å². The fourth-order valence-corrected chi connectivity index (χ4v) is 3.55. The topological polar surface area (TPSA) is 38.3 Å². The minimum Gasteiger partial charge on any atom is -0.496 e. The second-order valence-electron chi connectivity index (χ2n) is 6.17. The quantitative estimate of drug-likeness (QED) is 0.671. The average molecular weight is 358 g/mol. The molecule has 1 N–H and O–H groups in total. The number of nitrogens with one attached hydrogen (secondary N) is 1. The minimum absolute atomic E-state index is 0.0430. The first-order valence-corrected chi connectivity index (χ1v) is 9.65. The number of thioether (sulfide) groups is 1. The zero-order valence-electron chi connectivity index (χ0n) is 15.5. The van der Waals surface area contributed by atoms with E-state index in [0.717, 1.165) is 29.1 Å². The molecule has 0 saturated heterocycles. The highest BCUT2D eigenvalue weighted by molar-refractivity contribution is 7.99. The van der Waals surface area contributed by atoms with Gasteiger partial charge in [0.2, 0.25) is 5.91 Å². The standard InChI is InChI=1S/C21H27NO2S/c1-5-19(17-8-11-20(24-4)16(3)14-17)22-21(23)12-13-25-18-9-6-15(2)7-10-18/h6-11,14,19H,5,12-13H2,1-4H3,(H,22,23). The van der Waals surface area contributed by atoms with Gasteiger partial charge in [0.1, 0.15) is 5.75 Å². The van der Waals surface area contributed by atoms with Crippen LogP contribution in [0, 0.1) is 13.8 Å². The van der Waals surface area contributed by atoms with Crippen LogP contribution in [0.5, 0.6) is 5.75 Å². The summed E-state index contributed by atoms with van der Waals surface area (Å²) in [5.41, 5.74) is 3.46. The van der Waals surface area contributed by atoms with Crippen molar-refractivity contribution in [3.05, 3.63) is 59.2 Å². The highest BCUT2D eigenvalue weighted by Crippen LogP contribution is 2.24. The summed E-state index contributed by atoms with van der Waals surface area (Å²) in [6.07, 6.45) is 1.38. The Kier molecular flexibility index (Phi) is 7.38. The van der Waals surface area contributed by atoms with E-state index in [1.54, 1.807) is 18.9 Å². The Bertz CT molecular complexity index is 698. The normalized spacial score (nSPS) is 11.8. The van der Waals surface area contributed by atoms with E-state index in [2.05, 4.69) is 49.5 Å². The van der Waals surface area contributed by atoms with Gasteiger partial charge in [-0.15, -0.1) is 11.8 Å². The van der Waals surface area contributed by atoms with Gasteiger partial charge in [0.05, 0.1) is 13.2 Å². The number of rotatable bonds is 8. The van der Waals surface area contributed by atoms with Gasteiger partial charge in [0.25, 0.3) is 0 Å². The number of ether oxygens (including phenoxy) is 1. The number of carbonyl (C=O) groups excluding carboxylic acids is 1. The van der Waals surface area contributed by atoms with Crippen molar-refractivity contribution in [3.8, 4) is 5.75 Å². The van der Waals surface area contributed by atoms with Crippen molar-refractivity contribution >= 4 is 17.7 Å². The van der Waals surface area contributed by atoms with Gasteiger partial charge in [-0.2, -0.15) is 0 Å². The highest BCUT2D eigenvalue weighted by atomic mass is 32.2. The second kappa shape index (κ2) is 9.52. The predicted octanol–water partition coefficient (Wildman–Crippen LogP) is 5.06. The SMILES string of the molecule is CCC(NC(=O)CCSc1ccc(C)cc1)c1ccc(OC)c(C)c1. The van der Waals surface area contributed by atoms with Gasteiger partial charge >= 0.3 is 0 Å². The molecular formula is C21H27NO2S. The third kappa shape index (κ3) is 5.82. The fourth-order valence-electron chi connectivity index (χ4n) is 2.70. The zero-order valence-corrected chi connectivity index (χ0v) is 16.3. The van der Waals surface area contributed by atoms with E-state index in [-0.39, 0.29) is 11.9 Å². The Balaban J connectivity index is 1.86. The molecule has 1 unspecified atom stereocenters. The van der Waals surface area contributed by atoms with Crippen LogP contribution in [0.3, 0.4) is 0 Å². The maximum atomic E-state index is 12.3. The van der Waals surface area contributed by atoms with Crippen molar-refractivity contribution in [2.45, 2.75) is 44.6 Å². The molecule has 3 nitrogen and oxygen atoms in total. The van der Waals surface area contributed by atoms with E-state index < -0.39 is 0 Å². The van der Waals surface area contributed by atoms with Crippen LogP contribution in [0.2, 0.25) is 0 Å².